The lowest BCUT2D eigenvalue weighted by molar-refractivity contribution is -0.0950. The van der Waals surface area contributed by atoms with Gasteiger partial charge in [0.2, 0.25) is 0 Å². The number of hydrogen-bond donors (Lipinski definition) is 0. The normalized spacial score (nSPS) is 14.9. The monoisotopic (exact) mass is 156 g/mol. The van der Waals surface area contributed by atoms with Gasteiger partial charge in [-0.1, -0.05) is 6.58 Å². The minimum absolute atomic E-state index is 0.635. The lowest BCUT2D eigenvalue weighted by Gasteiger charge is -2.09. The highest BCUT2D eigenvalue weighted by Gasteiger charge is 2.32. The standard InChI is InChI=1S/C6H8F4/c1-4(3-5(2)7)6(8,9)10/h5H,1,3H2,2H3. The molecule has 0 aliphatic heterocycles. The van der Waals surface area contributed by atoms with Crippen LogP contribution in [0.5, 0.6) is 0 Å². The third-order valence-corrected chi connectivity index (χ3v) is 0.929. The second-order valence-corrected chi connectivity index (χ2v) is 2.09. The average molecular weight is 156 g/mol. The van der Waals surface area contributed by atoms with E-state index in [-0.39, 0.29) is 0 Å². The van der Waals surface area contributed by atoms with Gasteiger partial charge >= 0.3 is 6.18 Å². The summed E-state index contributed by atoms with van der Waals surface area (Å²) >= 11 is 0. The van der Waals surface area contributed by atoms with Crippen molar-refractivity contribution in [3.05, 3.63) is 12.2 Å². The molecule has 0 rings (SSSR count). The molecule has 0 saturated heterocycles. The lowest BCUT2D eigenvalue weighted by Crippen LogP contribution is -2.13. The first kappa shape index (κ1) is 9.46. The summed E-state index contributed by atoms with van der Waals surface area (Å²) in [7, 11) is 0. The second kappa shape index (κ2) is 3.03. The van der Waals surface area contributed by atoms with E-state index in [2.05, 4.69) is 6.58 Å². The predicted molar refractivity (Wildman–Crippen MR) is 30.4 cm³/mol. The van der Waals surface area contributed by atoms with E-state index in [1.807, 2.05) is 0 Å². The SMILES string of the molecule is C=C(CC(C)F)C(F)(F)F. The zero-order valence-electron chi connectivity index (χ0n) is 5.50. The summed E-state index contributed by atoms with van der Waals surface area (Å²) in [6.45, 7) is 3.77. The average Bonchev–Trinajstić information content (AvgIpc) is 1.60. The molecule has 0 aromatic rings. The number of hydrogen-bond acceptors (Lipinski definition) is 0. The molecule has 0 aliphatic rings. The largest absolute Gasteiger partial charge is 0.412 e. The van der Waals surface area contributed by atoms with E-state index in [1.165, 1.54) is 0 Å². The van der Waals surface area contributed by atoms with Crippen molar-refractivity contribution >= 4 is 0 Å². The highest BCUT2D eigenvalue weighted by atomic mass is 19.4. The summed E-state index contributed by atoms with van der Waals surface area (Å²) in [5.74, 6) is 0. The van der Waals surface area contributed by atoms with Gasteiger partial charge in [-0.15, -0.1) is 0 Å². The van der Waals surface area contributed by atoms with Gasteiger partial charge in [0.15, 0.2) is 0 Å². The molecule has 0 bridgehead atoms. The number of rotatable bonds is 2. The van der Waals surface area contributed by atoms with Gasteiger partial charge in [0, 0.05) is 12.0 Å². The van der Waals surface area contributed by atoms with Gasteiger partial charge in [-0.3, -0.25) is 0 Å². The Morgan fingerprint density at radius 1 is 1.50 bits per heavy atom. The molecule has 0 aromatic carbocycles. The molecule has 1 unspecified atom stereocenters. The van der Waals surface area contributed by atoms with E-state index in [0.717, 1.165) is 6.92 Å². The van der Waals surface area contributed by atoms with Gasteiger partial charge in [0.25, 0.3) is 0 Å². The van der Waals surface area contributed by atoms with E-state index >= 15 is 0 Å². The molecule has 0 nitrogen and oxygen atoms in total. The summed E-state index contributed by atoms with van der Waals surface area (Å²) in [5, 5.41) is 0. The van der Waals surface area contributed by atoms with Crippen molar-refractivity contribution in [1.29, 1.82) is 0 Å². The van der Waals surface area contributed by atoms with E-state index in [1.54, 1.807) is 0 Å². The molecule has 0 fully saturated rings. The molecule has 1 atom stereocenters. The number of allylic oxidation sites excluding steroid dienone is 1. The molecule has 60 valence electrons. The van der Waals surface area contributed by atoms with E-state index in [0.29, 0.717) is 0 Å². The number of halogens is 4. The smallest absolute Gasteiger partial charge is 0.247 e. The fraction of sp³-hybridized carbons (Fsp3) is 0.667. The molecule has 0 aromatic heterocycles. The van der Waals surface area contributed by atoms with Crippen molar-refractivity contribution in [1.82, 2.24) is 0 Å². The maximum atomic E-state index is 11.9. The van der Waals surface area contributed by atoms with Crippen molar-refractivity contribution in [3.8, 4) is 0 Å². The molecule has 0 heterocycles. The van der Waals surface area contributed by atoms with Crippen LogP contribution in [0.25, 0.3) is 0 Å². The molecular weight excluding hydrogens is 148 g/mol. The van der Waals surface area contributed by atoms with Crippen LogP contribution in [-0.4, -0.2) is 12.3 Å². The van der Waals surface area contributed by atoms with Gasteiger partial charge in [0.05, 0.1) is 0 Å². The van der Waals surface area contributed by atoms with Crippen LogP contribution in [0.3, 0.4) is 0 Å². The second-order valence-electron chi connectivity index (χ2n) is 2.09. The van der Waals surface area contributed by atoms with Crippen LogP contribution in [0, 0.1) is 0 Å². The topological polar surface area (TPSA) is 0 Å². The van der Waals surface area contributed by atoms with Gasteiger partial charge < -0.3 is 0 Å². The molecular formula is C6H8F4. The van der Waals surface area contributed by atoms with Crippen molar-refractivity contribution in [2.45, 2.75) is 25.7 Å². The van der Waals surface area contributed by atoms with E-state index in [4.69, 9.17) is 0 Å². The maximum absolute atomic E-state index is 11.9. The van der Waals surface area contributed by atoms with Crippen LogP contribution in [0.15, 0.2) is 12.2 Å². The molecule has 0 saturated carbocycles. The third-order valence-electron chi connectivity index (χ3n) is 0.929. The van der Waals surface area contributed by atoms with Gasteiger partial charge in [-0.2, -0.15) is 13.2 Å². The van der Waals surface area contributed by atoms with Gasteiger partial charge in [-0.25, -0.2) is 4.39 Å². The summed E-state index contributed by atoms with van der Waals surface area (Å²) in [5.41, 5.74) is -1.01. The van der Waals surface area contributed by atoms with Crippen molar-refractivity contribution in [3.63, 3.8) is 0 Å². The molecule has 0 spiro atoms. The first-order valence-electron chi connectivity index (χ1n) is 2.73. The quantitative estimate of drug-likeness (QED) is 0.426. The first-order valence-corrected chi connectivity index (χ1v) is 2.73. The van der Waals surface area contributed by atoms with E-state index in [9.17, 15) is 17.6 Å². The summed E-state index contributed by atoms with van der Waals surface area (Å²) in [6.07, 6.45) is -6.56. The zero-order valence-corrected chi connectivity index (χ0v) is 5.50. The lowest BCUT2D eigenvalue weighted by atomic mass is 10.1. The van der Waals surface area contributed by atoms with Crippen LogP contribution in [0.2, 0.25) is 0 Å². The Hall–Kier alpha value is -0.540. The predicted octanol–water partition coefficient (Wildman–Crippen LogP) is 2.85. The van der Waals surface area contributed by atoms with Crippen molar-refractivity contribution in [2.24, 2.45) is 0 Å². The Labute approximate surface area is 56.5 Å². The Balaban J connectivity index is 3.87. The Bertz CT molecular complexity index is 122. The van der Waals surface area contributed by atoms with E-state index < -0.39 is 24.3 Å². The molecule has 4 heteroatoms. The highest BCUT2D eigenvalue weighted by Crippen LogP contribution is 2.27. The minimum Gasteiger partial charge on any atom is -0.247 e. The number of alkyl halides is 4. The van der Waals surface area contributed by atoms with Crippen molar-refractivity contribution < 1.29 is 17.6 Å². The molecule has 0 aliphatic carbocycles. The Kier molecular flexibility index (Phi) is 2.87. The minimum atomic E-state index is -4.44. The molecule has 0 amide bonds. The van der Waals surface area contributed by atoms with Crippen LogP contribution in [0.1, 0.15) is 13.3 Å². The zero-order chi connectivity index (χ0) is 8.36. The van der Waals surface area contributed by atoms with Crippen LogP contribution in [0.4, 0.5) is 17.6 Å². The summed E-state index contributed by atoms with van der Waals surface area (Å²) < 4.78 is 46.6. The molecule has 0 radical (unpaired) electrons. The summed E-state index contributed by atoms with van der Waals surface area (Å²) in [4.78, 5) is 0. The van der Waals surface area contributed by atoms with Crippen molar-refractivity contribution in [2.75, 3.05) is 0 Å². The van der Waals surface area contributed by atoms with Crippen LogP contribution in [-0.2, 0) is 0 Å². The first-order chi connectivity index (χ1) is 4.34. The molecule has 10 heavy (non-hydrogen) atoms. The highest BCUT2D eigenvalue weighted by molar-refractivity contribution is 5.03. The fourth-order valence-electron chi connectivity index (χ4n) is 0.455. The van der Waals surface area contributed by atoms with Gasteiger partial charge in [-0.05, 0) is 6.92 Å². The third kappa shape index (κ3) is 3.48. The Morgan fingerprint density at radius 2 is 1.90 bits per heavy atom. The van der Waals surface area contributed by atoms with Gasteiger partial charge in [0.1, 0.15) is 6.17 Å². The summed E-state index contributed by atoms with van der Waals surface area (Å²) in [6, 6.07) is 0. The fourth-order valence-corrected chi connectivity index (χ4v) is 0.455. The van der Waals surface area contributed by atoms with Crippen LogP contribution < -0.4 is 0 Å². The maximum Gasteiger partial charge on any atom is 0.412 e. The Morgan fingerprint density at radius 3 is 2.00 bits per heavy atom. The molecule has 0 N–H and O–H groups in total. The van der Waals surface area contributed by atoms with Crippen LogP contribution >= 0.6 is 0 Å².